The molecule has 4 nitrogen and oxygen atoms in total. The lowest BCUT2D eigenvalue weighted by Gasteiger charge is -2.24. The predicted octanol–water partition coefficient (Wildman–Crippen LogP) is 6.40. The van der Waals surface area contributed by atoms with Crippen LogP contribution in [0.2, 0.25) is 0 Å². The molecular formula is C21H19BrF3N3O. The average Bonchev–Trinajstić information content (AvgIpc) is 3.12. The van der Waals surface area contributed by atoms with Crippen LogP contribution in [0.5, 0.6) is 0 Å². The van der Waals surface area contributed by atoms with Crippen LogP contribution in [0, 0.1) is 6.92 Å². The number of aryl methyl sites for hydroxylation is 1. The van der Waals surface area contributed by atoms with E-state index in [-0.39, 0.29) is 5.56 Å². The first-order chi connectivity index (χ1) is 13.9. The van der Waals surface area contributed by atoms with Crippen LogP contribution in [0.15, 0.2) is 47.1 Å². The van der Waals surface area contributed by atoms with Crippen LogP contribution in [0.4, 0.5) is 13.2 Å². The van der Waals surface area contributed by atoms with E-state index in [4.69, 9.17) is 4.74 Å². The van der Waals surface area contributed by atoms with Gasteiger partial charge in [0.1, 0.15) is 0 Å². The Kier molecular flexibility index (Phi) is 5.48. The zero-order chi connectivity index (χ0) is 20.6. The molecule has 1 unspecified atom stereocenters. The molecular weight excluding hydrogens is 447 g/mol. The minimum Gasteiger partial charge on any atom is -0.356 e. The lowest BCUT2D eigenvalue weighted by molar-refractivity contribution is -0.141. The topological polar surface area (TPSA) is 39.9 Å². The number of hydrogen-bond donors (Lipinski definition) is 0. The molecule has 0 saturated carbocycles. The van der Waals surface area contributed by atoms with Crippen molar-refractivity contribution in [2.24, 2.45) is 0 Å². The fourth-order valence-corrected chi connectivity index (χ4v) is 3.77. The highest BCUT2D eigenvalue weighted by molar-refractivity contribution is 9.10. The van der Waals surface area contributed by atoms with E-state index in [1.54, 1.807) is 42.6 Å². The molecule has 0 bridgehead atoms. The highest BCUT2D eigenvalue weighted by Gasteiger charge is 2.41. The number of ether oxygens (including phenoxy) is 1. The van der Waals surface area contributed by atoms with E-state index in [2.05, 4.69) is 26.0 Å². The Morgan fingerprint density at radius 3 is 2.55 bits per heavy atom. The van der Waals surface area contributed by atoms with Crippen LogP contribution in [0.3, 0.4) is 0 Å². The standard InChI is InChI=1S/C21H19BrF3N3O/c1-13-11-16(26-12-15(13)22)19-18(14-7-3-2-4-8-14)20(21(23,24)25)27-28(19)17-9-5-6-10-29-17/h2-4,7-8,11-12,17H,5-6,9-10H2,1H3. The fraction of sp³-hybridized carbons (Fsp3) is 0.333. The van der Waals surface area contributed by atoms with Crippen LogP contribution in [0.1, 0.15) is 36.7 Å². The lowest BCUT2D eigenvalue weighted by Crippen LogP contribution is -2.21. The maximum atomic E-state index is 14.0. The Morgan fingerprint density at radius 1 is 1.17 bits per heavy atom. The Bertz CT molecular complexity index is 1010. The van der Waals surface area contributed by atoms with Crippen molar-refractivity contribution in [3.8, 4) is 22.5 Å². The molecule has 0 N–H and O–H groups in total. The van der Waals surface area contributed by atoms with Crippen molar-refractivity contribution >= 4 is 15.9 Å². The minimum absolute atomic E-state index is 0.0292. The lowest BCUT2D eigenvalue weighted by atomic mass is 10.00. The molecule has 3 aromatic rings. The molecule has 4 rings (SSSR count). The van der Waals surface area contributed by atoms with E-state index < -0.39 is 18.1 Å². The van der Waals surface area contributed by atoms with Crippen molar-refractivity contribution in [2.45, 2.75) is 38.6 Å². The Morgan fingerprint density at radius 2 is 1.93 bits per heavy atom. The first-order valence-electron chi connectivity index (χ1n) is 9.35. The molecule has 3 heterocycles. The summed E-state index contributed by atoms with van der Waals surface area (Å²) < 4.78 is 50.0. The maximum absolute atomic E-state index is 14.0. The monoisotopic (exact) mass is 465 g/mol. The number of hydrogen-bond acceptors (Lipinski definition) is 3. The molecule has 0 amide bonds. The number of pyridine rings is 1. The molecule has 0 aliphatic carbocycles. The predicted molar refractivity (Wildman–Crippen MR) is 107 cm³/mol. The third-order valence-corrected chi connectivity index (χ3v) is 5.79. The van der Waals surface area contributed by atoms with Gasteiger partial charge >= 0.3 is 6.18 Å². The van der Waals surface area contributed by atoms with Crippen molar-refractivity contribution < 1.29 is 17.9 Å². The summed E-state index contributed by atoms with van der Waals surface area (Å²) >= 11 is 3.41. The minimum atomic E-state index is -4.61. The van der Waals surface area contributed by atoms with Gasteiger partial charge in [0.2, 0.25) is 0 Å². The second-order valence-corrected chi connectivity index (χ2v) is 7.87. The SMILES string of the molecule is Cc1cc(-c2c(-c3ccccc3)c(C(F)(F)F)nn2C2CCCCO2)ncc1Br. The Balaban J connectivity index is 2.03. The Hall–Kier alpha value is -2.19. The van der Waals surface area contributed by atoms with Crippen molar-refractivity contribution in [1.82, 2.24) is 14.8 Å². The van der Waals surface area contributed by atoms with E-state index >= 15 is 0 Å². The number of alkyl halides is 3. The summed E-state index contributed by atoms with van der Waals surface area (Å²) in [5, 5.41) is 4.02. The van der Waals surface area contributed by atoms with Gasteiger partial charge < -0.3 is 4.74 Å². The number of rotatable bonds is 3. The fourth-order valence-electron chi connectivity index (χ4n) is 3.55. The summed E-state index contributed by atoms with van der Waals surface area (Å²) in [5.74, 6) is 0. The van der Waals surface area contributed by atoms with E-state index in [0.29, 0.717) is 30.0 Å². The van der Waals surface area contributed by atoms with Crippen LogP contribution in [-0.4, -0.2) is 21.4 Å². The van der Waals surface area contributed by atoms with Gasteiger partial charge in [0.05, 0.1) is 11.4 Å². The quantitative estimate of drug-likeness (QED) is 0.449. The molecule has 0 radical (unpaired) electrons. The van der Waals surface area contributed by atoms with E-state index in [9.17, 15) is 13.2 Å². The third-order valence-electron chi connectivity index (χ3n) is 4.96. The number of aromatic nitrogens is 3. The van der Waals surface area contributed by atoms with Gasteiger partial charge in [-0.2, -0.15) is 18.3 Å². The smallest absolute Gasteiger partial charge is 0.356 e. The zero-order valence-corrected chi connectivity index (χ0v) is 17.3. The van der Waals surface area contributed by atoms with Gasteiger partial charge in [-0.25, -0.2) is 4.68 Å². The van der Waals surface area contributed by atoms with E-state index in [0.717, 1.165) is 22.9 Å². The molecule has 1 aromatic carbocycles. The Labute approximate surface area is 174 Å². The molecule has 8 heteroatoms. The number of benzene rings is 1. The van der Waals surface area contributed by atoms with E-state index in [1.165, 1.54) is 4.68 Å². The highest BCUT2D eigenvalue weighted by Crippen LogP contribution is 2.44. The third kappa shape index (κ3) is 3.96. The summed E-state index contributed by atoms with van der Waals surface area (Å²) in [5.41, 5.74) is 1.18. The molecule has 152 valence electrons. The van der Waals surface area contributed by atoms with Gasteiger partial charge in [-0.3, -0.25) is 4.98 Å². The molecule has 1 saturated heterocycles. The second kappa shape index (κ2) is 7.91. The molecule has 1 atom stereocenters. The van der Waals surface area contributed by atoms with E-state index in [1.807, 2.05) is 6.92 Å². The first-order valence-corrected chi connectivity index (χ1v) is 10.1. The molecule has 1 aliphatic rings. The van der Waals surface area contributed by atoms with Crippen molar-refractivity contribution in [1.29, 1.82) is 0 Å². The van der Waals surface area contributed by atoms with Crippen molar-refractivity contribution in [3.05, 3.63) is 58.3 Å². The molecule has 1 aliphatic heterocycles. The molecule has 2 aromatic heterocycles. The van der Waals surface area contributed by atoms with Crippen molar-refractivity contribution in [3.63, 3.8) is 0 Å². The maximum Gasteiger partial charge on any atom is 0.435 e. The van der Waals surface area contributed by atoms with Gasteiger partial charge in [0.15, 0.2) is 11.9 Å². The number of nitrogens with zero attached hydrogens (tertiary/aromatic N) is 3. The van der Waals surface area contributed by atoms with Crippen LogP contribution < -0.4 is 0 Å². The normalized spacial score (nSPS) is 17.5. The highest BCUT2D eigenvalue weighted by atomic mass is 79.9. The first kappa shape index (κ1) is 20.1. The second-order valence-electron chi connectivity index (χ2n) is 7.02. The van der Waals surface area contributed by atoms with Gasteiger partial charge in [-0.05, 0) is 59.3 Å². The van der Waals surface area contributed by atoms with Gasteiger partial charge in [-0.15, -0.1) is 0 Å². The van der Waals surface area contributed by atoms with Crippen LogP contribution in [0.25, 0.3) is 22.5 Å². The summed E-state index contributed by atoms with van der Waals surface area (Å²) in [7, 11) is 0. The summed E-state index contributed by atoms with van der Waals surface area (Å²) in [6.07, 6.45) is -1.19. The average molecular weight is 466 g/mol. The summed E-state index contributed by atoms with van der Waals surface area (Å²) in [6, 6.07) is 10.3. The van der Waals surface area contributed by atoms with Gasteiger partial charge in [0, 0.05) is 22.8 Å². The molecule has 0 spiro atoms. The largest absolute Gasteiger partial charge is 0.435 e. The summed E-state index contributed by atoms with van der Waals surface area (Å²) in [6.45, 7) is 2.37. The summed E-state index contributed by atoms with van der Waals surface area (Å²) in [4.78, 5) is 4.42. The van der Waals surface area contributed by atoms with Crippen LogP contribution >= 0.6 is 15.9 Å². The zero-order valence-electron chi connectivity index (χ0n) is 15.7. The van der Waals surface area contributed by atoms with Gasteiger partial charge in [0.25, 0.3) is 0 Å². The molecule has 29 heavy (non-hydrogen) atoms. The molecule has 1 fully saturated rings. The van der Waals surface area contributed by atoms with Gasteiger partial charge in [-0.1, -0.05) is 30.3 Å². The van der Waals surface area contributed by atoms with Crippen molar-refractivity contribution in [2.75, 3.05) is 6.61 Å². The van der Waals surface area contributed by atoms with Crippen LogP contribution in [-0.2, 0) is 10.9 Å². The number of halogens is 4.